The first-order chi connectivity index (χ1) is 17.1. The number of ether oxygens (including phenoxy) is 2. The minimum absolute atomic E-state index is 0.0259. The molecule has 6 atom stereocenters. The lowest BCUT2D eigenvalue weighted by molar-refractivity contribution is -0.159. The van der Waals surface area contributed by atoms with Crippen molar-refractivity contribution in [1.82, 2.24) is 4.90 Å². The average Bonchev–Trinajstić information content (AvgIpc) is 3.41. The summed E-state index contributed by atoms with van der Waals surface area (Å²) in [4.78, 5) is 44.7. The molecular weight excluding hydrogens is 460 g/mol. The summed E-state index contributed by atoms with van der Waals surface area (Å²) in [7, 11) is 0. The van der Waals surface area contributed by atoms with Crippen molar-refractivity contribution in [2.75, 3.05) is 24.7 Å². The zero-order valence-electron chi connectivity index (χ0n) is 21.5. The second kappa shape index (κ2) is 9.48. The highest BCUT2D eigenvalue weighted by molar-refractivity contribution is 6.05. The number of benzene rings is 1. The lowest BCUT2D eigenvalue weighted by Gasteiger charge is -2.39. The lowest BCUT2D eigenvalue weighted by atomic mass is 9.66. The molecule has 3 aliphatic rings. The number of para-hydroxylation sites is 1. The summed E-state index contributed by atoms with van der Waals surface area (Å²) in [5.41, 5.74) is 0.472. The standard InChI is InChI=1S/C28H36N2O6/c1-7-14-29(22-17(3)10-9-11-18(22)4)25(33)23-28-13-12-27(6,36-28)21(26(34)35-15-8-2)20(28)24(32)30(23)19(5)16-31/h7-11,19-21,23,31H,1-2,12-16H2,3-6H3/t19-,20+,21-,23?,27+,28?/m1/s1. The number of hydrogen-bond acceptors (Lipinski definition) is 6. The molecule has 8 heteroatoms. The largest absolute Gasteiger partial charge is 0.461 e. The Morgan fingerprint density at radius 3 is 2.53 bits per heavy atom. The van der Waals surface area contributed by atoms with Gasteiger partial charge in [-0.1, -0.05) is 36.9 Å². The molecule has 3 heterocycles. The van der Waals surface area contributed by atoms with Crippen LogP contribution in [-0.4, -0.2) is 70.8 Å². The third-order valence-electron chi connectivity index (χ3n) is 8.07. The van der Waals surface area contributed by atoms with Gasteiger partial charge in [0.1, 0.15) is 24.2 Å². The Labute approximate surface area is 212 Å². The molecule has 3 fully saturated rings. The van der Waals surface area contributed by atoms with Crippen molar-refractivity contribution in [1.29, 1.82) is 0 Å². The summed E-state index contributed by atoms with van der Waals surface area (Å²) in [5.74, 6) is -2.93. The van der Waals surface area contributed by atoms with Crippen LogP contribution in [0.25, 0.3) is 0 Å². The number of fused-ring (bicyclic) bond motifs is 1. The second-order valence-electron chi connectivity index (χ2n) is 10.4. The quantitative estimate of drug-likeness (QED) is 0.417. The molecule has 0 radical (unpaired) electrons. The maximum atomic E-state index is 14.5. The van der Waals surface area contributed by atoms with Gasteiger partial charge in [0, 0.05) is 12.2 Å². The zero-order valence-corrected chi connectivity index (χ0v) is 21.5. The van der Waals surface area contributed by atoms with Crippen molar-refractivity contribution < 1.29 is 29.0 Å². The predicted molar refractivity (Wildman–Crippen MR) is 135 cm³/mol. The normalized spacial score (nSPS) is 31.2. The highest BCUT2D eigenvalue weighted by atomic mass is 16.6. The highest BCUT2D eigenvalue weighted by Gasteiger charge is 2.79. The van der Waals surface area contributed by atoms with Crippen molar-refractivity contribution in [2.24, 2.45) is 11.8 Å². The van der Waals surface area contributed by atoms with Gasteiger partial charge in [0.2, 0.25) is 5.91 Å². The number of nitrogens with zero attached hydrogens (tertiary/aromatic N) is 2. The third kappa shape index (κ3) is 3.69. The van der Waals surface area contributed by atoms with E-state index in [1.165, 1.54) is 11.0 Å². The second-order valence-corrected chi connectivity index (χ2v) is 10.4. The molecule has 194 valence electrons. The van der Waals surface area contributed by atoms with Crippen LogP contribution in [0.1, 0.15) is 37.8 Å². The maximum Gasteiger partial charge on any atom is 0.313 e. The van der Waals surface area contributed by atoms with Crippen molar-refractivity contribution in [3.8, 4) is 0 Å². The summed E-state index contributed by atoms with van der Waals surface area (Å²) in [6.07, 6.45) is 4.09. The van der Waals surface area contributed by atoms with Gasteiger partial charge in [-0.2, -0.15) is 0 Å². The van der Waals surface area contributed by atoms with E-state index in [1.807, 2.05) is 39.0 Å². The minimum atomic E-state index is -1.19. The van der Waals surface area contributed by atoms with Crippen LogP contribution in [0.5, 0.6) is 0 Å². The van der Waals surface area contributed by atoms with E-state index < -0.39 is 41.1 Å². The molecule has 0 aliphatic carbocycles. The summed E-state index contributed by atoms with van der Waals surface area (Å²) < 4.78 is 12.0. The molecule has 1 aromatic rings. The van der Waals surface area contributed by atoms with Gasteiger partial charge in [-0.15, -0.1) is 6.58 Å². The first-order valence-corrected chi connectivity index (χ1v) is 12.5. The Balaban J connectivity index is 1.84. The number of aliphatic hydroxyl groups is 1. The van der Waals surface area contributed by atoms with Crippen LogP contribution >= 0.6 is 0 Å². The molecule has 8 nitrogen and oxygen atoms in total. The van der Waals surface area contributed by atoms with Crippen molar-refractivity contribution in [3.63, 3.8) is 0 Å². The summed E-state index contributed by atoms with van der Waals surface area (Å²) in [6, 6.07) is 4.15. The first-order valence-electron chi connectivity index (χ1n) is 12.5. The van der Waals surface area contributed by atoms with E-state index in [0.29, 0.717) is 12.8 Å². The Bertz CT molecular complexity index is 1080. The Morgan fingerprint density at radius 1 is 1.28 bits per heavy atom. The molecule has 2 unspecified atom stereocenters. The Kier molecular flexibility index (Phi) is 6.88. The molecular formula is C28H36N2O6. The highest BCUT2D eigenvalue weighted by Crippen LogP contribution is 2.63. The first kappa shape index (κ1) is 26.1. The number of carbonyl (C=O) groups is 3. The minimum Gasteiger partial charge on any atom is -0.461 e. The summed E-state index contributed by atoms with van der Waals surface area (Å²) in [6.45, 7) is 14.8. The zero-order chi connectivity index (χ0) is 26.4. The number of aliphatic hydroxyl groups excluding tert-OH is 1. The molecule has 1 N–H and O–H groups in total. The van der Waals surface area contributed by atoms with Gasteiger partial charge >= 0.3 is 5.97 Å². The number of rotatable bonds is 9. The predicted octanol–water partition coefficient (Wildman–Crippen LogP) is 2.70. The third-order valence-corrected chi connectivity index (χ3v) is 8.07. The summed E-state index contributed by atoms with van der Waals surface area (Å²) >= 11 is 0. The van der Waals surface area contributed by atoms with E-state index in [-0.39, 0.29) is 31.6 Å². The van der Waals surface area contributed by atoms with Crippen LogP contribution < -0.4 is 4.90 Å². The van der Waals surface area contributed by atoms with Gasteiger partial charge in [-0.05, 0) is 51.7 Å². The molecule has 4 rings (SSSR count). The lowest BCUT2D eigenvalue weighted by Crippen LogP contribution is -2.58. The van der Waals surface area contributed by atoms with Crippen molar-refractivity contribution >= 4 is 23.5 Å². The average molecular weight is 497 g/mol. The number of likely N-dealkylation sites (tertiary alicyclic amines) is 1. The number of carbonyl (C=O) groups excluding carboxylic acids is 3. The van der Waals surface area contributed by atoms with E-state index in [2.05, 4.69) is 13.2 Å². The molecule has 0 saturated carbocycles. The van der Waals surface area contributed by atoms with Crippen molar-refractivity contribution in [2.45, 2.75) is 63.8 Å². The topological polar surface area (TPSA) is 96.4 Å². The number of amides is 2. The fourth-order valence-electron chi connectivity index (χ4n) is 6.59. The fourth-order valence-corrected chi connectivity index (χ4v) is 6.59. The monoisotopic (exact) mass is 496 g/mol. The summed E-state index contributed by atoms with van der Waals surface area (Å²) in [5, 5.41) is 10.1. The molecule has 0 aromatic heterocycles. The Hall–Kier alpha value is -2.97. The molecule has 1 aromatic carbocycles. The maximum absolute atomic E-state index is 14.5. The van der Waals surface area contributed by atoms with Crippen LogP contribution in [0, 0.1) is 25.7 Å². The number of anilines is 1. The van der Waals surface area contributed by atoms with Gasteiger partial charge in [-0.3, -0.25) is 14.4 Å². The van der Waals surface area contributed by atoms with Gasteiger partial charge in [-0.25, -0.2) is 0 Å². The molecule has 36 heavy (non-hydrogen) atoms. The number of esters is 1. The van der Waals surface area contributed by atoms with Crippen LogP contribution in [0.4, 0.5) is 5.69 Å². The van der Waals surface area contributed by atoms with Crippen molar-refractivity contribution in [3.05, 3.63) is 54.6 Å². The van der Waals surface area contributed by atoms with Gasteiger partial charge < -0.3 is 24.4 Å². The molecule has 1 spiro atoms. The fraction of sp³-hybridized carbons (Fsp3) is 0.536. The van der Waals surface area contributed by atoms with Gasteiger partial charge in [0.15, 0.2) is 0 Å². The number of hydrogen-bond donors (Lipinski definition) is 1. The van der Waals surface area contributed by atoms with Crippen LogP contribution in [0.2, 0.25) is 0 Å². The van der Waals surface area contributed by atoms with Crippen LogP contribution in [0.3, 0.4) is 0 Å². The Morgan fingerprint density at radius 2 is 1.94 bits per heavy atom. The smallest absolute Gasteiger partial charge is 0.313 e. The van der Waals surface area contributed by atoms with Crippen LogP contribution in [-0.2, 0) is 23.9 Å². The molecule has 2 bridgehead atoms. The van der Waals surface area contributed by atoms with Gasteiger partial charge in [0.25, 0.3) is 5.91 Å². The van der Waals surface area contributed by atoms with E-state index in [4.69, 9.17) is 9.47 Å². The van der Waals surface area contributed by atoms with E-state index in [1.54, 1.807) is 17.9 Å². The SMILES string of the molecule is C=CCOC(=O)[C@H]1[C@H]2C(=O)N([C@H](C)CO)C(C(=O)N(CC=C)c3c(C)cccc3C)C23CC[C@]1(C)O3. The van der Waals surface area contributed by atoms with Gasteiger partial charge in [0.05, 0.1) is 24.2 Å². The van der Waals surface area contributed by atoms with Crippen LogP contribution in [0.15, 0.2) is 43.5 Å². The van der Waals surface area contributed by atoms with E-state index >= 15 is 0 Å². The molecule has 3 aliphatic heterocycles. The van der Waals surface area contributed by atoms with E-state index in [9.17, 15) is 19.5 Å². The molecule has 3 saturated heterocycles. The molecule has 2 amide bonds. The van der Waals surface area contributed by atoms with E-state index in [0.717, 1.165) is 16.8 Å². The number of aryl methyl sites for hydroxylation is 2.